The number of hydrogen-bond acceptors (Lipinski definition) is 2. The number of hydrogen-bond donors (Lipinski definition) is 2. The number of carbonyl (C=O) groups is 1. The van der Waals surface area contributed by atoms with E-state index in [9.17, 15) is 9.90 Å². The molecule has 0 unspecified atom stereocenters. The standard InChI is InChI=1S/C17H19NO2/c19-16(13-15-9-5-2-6-10-15)17(20)18-12-11-14-7-3-1-4-8-14/h1-10,16,19H,11-13H2,(H,18,20)/t16-/m0/s1. The molecule has 1 amide bonds. The van der Waals surface area contributed by atoms with Crippen LogP contribution in [0.1, 0.15) is 11.1 Å². The lowest BCUT2D eigenvalue weighted by Crippen LogP contribution is -2.36. The quantitative estimate of drug-likeness (QED) is 0.842. The summed E-state index contributed by atoms with van der Waals surface area (Å²) in [5, 5.41) is 12.6. The van der Waals surface area contributed by atoms with E-state index >= 15 is 0 Å². The lowest BCUT2D eigenvalue weighted by atomic mass is 10.1. The number of benzene rings is 2. The molecular formula is C17H19NO2. The monoisotopic (exact) mass is 269 g/mol. The molecule has 0 fully saturated rings. The van der Waals surface area contributed by atoms with Gasteiger partial charge in [0, 0.05) is 13.0 Å². The number of nitrogens with one attached hydrogen (secondary N) is 1. The molecule has 2 aromatic rings. The summed E-state index contributed by atoms with van der Waals surface area (Å²) in [6, 6.07) is 19.5. The van der Waals surface area contributed by atoms with Crippen LogP contribution in [0.2, 0.25) is 0 Å². The zero-order chi connectivity index (χ0) is 14.2. The highest BCUT2D eigenvalue weighted by atomic mass is 16.3. The molecule has 0 heterocycles. The minimum atomic E-state index is -0.992. The van der Waals surface area contributed by atoms with Gasteiger partial charge in [-0.15, -0.1) is 0 Å². The van der Waals surface area contributed by atoms with E-state index in [-0.39, 0.29) is 5.91 Å². The van der Waals surface area contributed by atoms with Crippen molar-refractivity contribution in [2.75, 3.05) is 6.54 Å². The van der Waals surface area contributed by atoms with Crippen molar-refractivity contribution in [2.45, 2.75) is 18.9 Å². The highest BCUT2D eigenvalue weighted by Crippen LogP contribution is 2.03. The predicted octanol–water partition coefficient (Wildman–Crippen LogP) is 1.95. The molecule has 0 aliphatic heterocycles. The Hall–Kier alpha value is -2.13. The lowest BCUT2D eigenvalue weighted by Gasteiger charge is -2.11. The Labute approximate surface area is 119 Å². The molecule has 0 aromatic heterocycles. The number of rotatable bonds is 6. The first-order valence-corrected chi connectivity index (χ1v) is 6.79. The highest BCUT2D eigenvalue weighted by Gasteiger charge is 2.14. The van der Waals surface area contributed by atoms with Crippen LogP contribution in [0.25, 0.3) is 0 Å². The van der Waals surface area contributed by atoms with Crippen molar-refractivity contribution in [3.8, 4) is 0 Å². The van der Waals surface area contributed by atoms with Gasteiger partial charge in [-0.1, -0.05) is 60.7 Å². The van der Waals surface area contributed by atoms with E-state index in [4.69, 9.17) is 0 Å². The maximum Gasteiger partial charge on any atom is 0.249 e. The minimum absolute atomic E-state index is 0.315. The van der Waals surface area contributed by atoms with Gasteiger partial charge in [-0.05, 0) is 17.5 Å². The van der Waals surface area contributed by atoms with Crippen molar-refractivity contribution in [1.29, 1.82) is 0 Å². The molecule has 0 saturated carbocycles. The van der Waals surface area contributed by atoms with Gasteiger partial charge in [0.05, 0.1) is 0 Å². The third-order valence-electron chi connectivity index (χ3n) is 3.13. The molecule has 0 radical (unpaired) electrons. The molecule has 2 rings (SSSR count). The second-order valence-corrected chi connectivity index (χ2v) is 4.73. The van der Waals surface area contributed by atoms with E-state index in [0.717, 1.165) is 12.0 Å². The first-order chi connectivity index (χ1) is 9.75. The Kier molecular flexibility index (Phi) is 5.33. The Morgan fingerprint density at radius 3 is 2.10 bits per heavy atom. The number of aliphatic hydroxyl groups excluding tert-OH is 1. The van der Waals surface area contributed by atoms with Gasteiger partial charge in [0.2, 0.25) is 5.91 Å². The van der Waals surface area contributed by atoms with Crippen LogP contribution in [0.5, 0.6) is 0 Å². The Bertz CT molecular complexity index is 525. The second kappa shape index (κ2) is 7.46. The summed E-state index contributed by atoms with van der Waals surface area (Å²) < 4.78 is 0. The molecule has 0 bridgehead atoms. The highest BCUT2D eigenvalue weighted by molar-refractivity contribution is 5.80. The Balaban J connectivity index is 1.74. The maximum atomic E-state index is 11.8. The van der Waals surface area contributed by atoms with Crippen molar-refractivity contribution in [1.82, 2.24) is 5.32 Å². The van der Waals surface area contributed by atoms with E-state index in [1.807, 2.05) is 60.7 Å². The fraction of sp³-hybridized carbons (Fsp3) is 0.235. The fourth-order valence-corrected chi connectivity index (χ4v) is 2.02. The van der Waals surface area contributed by atoms with E-state index in [2.05, 4.69) is 5.32 Å². The molecule has 0 spiro atoms. The van der Waals surface area contributed by atoms with Crippen LogP contribution in [-0.4, -0.2) is 23.7 Å². The molecule has 2 N–H and O–H groups in total. The van der Waals surface area contributed by atoms with Gasteiger partial charge in [0.25, 0.3) is 0 Å². The third kappa shape index (κ3) is 4.52. The topological polar surface area (TPSA) is 49.3 Å². The van der Waals surface area contributed by atoms with Crippen molar-refractivity contribution in [2.24, 2.45) is 0 Å². The Morgan fingerprint density at radius 2 is 1.50 bits per heavy atom. The molecule has 1 atom stereocenters. The van der Waals surface area contributed by atoms with Crippen LogP contribution in [0, 0.1) is 0 Å². The average Bonchev–Trinajstić information content (AvgIpc) is 2.49. The minimum Gasteiger partial charge on any atom is -0.383 e. The third-order valence-corrected chi connectivity index (χ3v) is 3.13. The molecule has 0 aliphatic carbocycles. The van der Waals surface area contributed by atoms with Crippen LogP contribution >= 0.6 is 0 Å². The van der Waals surface area contributed by atoms with Crippen molar-refractivity contribution < 1.29 is 9.90 Å². The van der Waals surface area contributed by atoms with Crippen molar-refractivity contribution in [3.05, 3.63) is 71.8 Å². The molecule has 3 heteroatoms. The molecule has 2 aromatic carbocycles. The average molecular weight is 269 g/mol. The molecule has 20 heavy (non-hydrogen) atoms. The van der Waals surface area contributed by atoms with Crippen LogP contribution in [0.15, 0.2) is 60.7 Å². The van der Waals surface area contributed by atoms with E-state index in [0.29, 0.717) is 13.0 Å². The summed E-state index contributed by atoms with van der Waals surface area (Å²) >= 11 is 0. The van der Waals surface area contributed by atoms with E-state index in [1.165, 1.54) is 5.56 Å². The summed E-state index contributed by atoms with van der Waals surface area (Å²) in [5.74, 6) is -0.315. The van der Waals surface area contributed by atoms with Crippen molar-refractivity contribution >= 4 is 5.91 Å². The van der Waals surface area contributed by atoms with Crippen LogP contribution in [0.4, 0.5) is 0 Å². The first kappa shape index (κ1) is 14.3. The largest absolute Gasteiger partial charge is 0.383 e. The zero-order valence-corrected chi connectivity index (χ0v) is 11.3. The summed E-state index contributed by atoms with van der Waals surface area (Å²) in [6.07, 6.45) is 0.121. The van der Waals surface area contributed by atoms with Gasteiger partial charge < -0.3 is 10.4 Å². The number of amides is 1. The van der Waals surface area contributed by atoms with Crippen LogP contribution in [-0.2, 0) is 17.6 Å². The number of aliphatic hydroxyl groups is 1. The first-order valence-electron chi connectivity index (χ1n) is 6.79. The smallest absolute Gasteiger partial charge is 0.249 e. The van der Waals surface area contributed by atoms with Gasteiger partial charge >= 0.3 is 0 Å². The summed E-state index contributed by atoms with van der Waals surface area (Å²) in [5.41, 5.74) is 2.13. The predicted molar refractivity (Wildman–Crippen MR) is 79.3 cm³/mol. The molecular weight excluding hydrogens is 250 g/mol. The lowest BCUT2D eigenvalue weighted by molar-refractivity contribution is -0.129. The maximum absolute atomic E-state index is 11.8. The van der Waals surface area contributed by atoms with E-state index in [1.54, 1.807) is 0 Å². The van der Waals surface area contributed by atoms with Gasteiger partial charge in [0.1, 0.15) is 6.10 Å². The molecule has 104 valence electrons. The van der Waals surface area contributed by atoms with Gasteiger partial charge in [-0.3, -0.25) is 4.79 Å². The van der Waals surface area contributed by atoms with Gasteiger partial charge in [-0.2, -0.15) is 0 Å². The van der Waals surface area contributed by atoms with Crippen LogP contribution in [0.3, 0.4) is 0 Å². The summed E-state index contributed by atoms with van der Waals surface area (Å²) in [7, 11) is 0. The molecule has 3 nitrogen and oxygen atoms in total. The Morgan fingerprint density at radius 1 is 0.950 bits per heavy atom. The SMILES string of the molecule is O=C(NCCc1ccccc1)[C@@H](O)Cc1ccccc1. The zero-order valence-electron chi connectivity index (χ0n) is 11.3. The van der Waals surface area contributed by atoms with Crippen LogP contribution < -0.4 is 5.32 Å². The van der Waals surface area contributed by atoms with Gasteiger partial charge in [-0.25, -0.2) is 0 Å². The summed E-state index contributed by atoms with van der Waals surface area (Å²) in [4.78, 5) is 11.8. The molecule has 0 aliphatic rings. The van der Waals surface area contributed by atoms with Gasteiger partial charge in [0.15, 0.2) is 0 Å². The summed E-state index contributed by atoms with van der Waals surface area (Å²) in [6.45, 7) is 0.536. The van der Waals surface area contributed by atoms with Crippen molar-refractivity contribution in [3.63, 3.8) is 0 Å². The number of carbonyl (C=O) groups excluding carboxylic acids is 1. The normalized spacial score (nSPS) is 11.8. The molecule has 0 saturated heterocycles. The fourth-order valence-electron chi connectivity index (χ4n) is 2.02. The second-order valence-electron chi connectivity index (χ2n) is 4.73. The van der Waals surface area contributed by atoms with E-state index < -0.39 is 6.10 Å².